The standard InChI is InChI=1S/C13H15FN4O3S/c1-17(2)13(19)9-18-8-11(7-15-18)16-22(20,21)12-5-3-10(14)4-6-12/h3-8,16H,9H2,1-2H3. The van der Waals surface area contributed by atoms with E-state index < -0.39 is 15.8 Å². The second-order valence-corrected chi connectivity index (χ2v) is 6.46. The van der Waals surface area contributed by atoms with Gasteiger partial charge in [0.2, 0.25) is 5.91 Å². The van der Waals surface area contributed by atoms with Gasteiger partial charge in [-0.05, 0) is 24.3 Å². The van der Waals surface area contributed by atoms with Crippen molar-refractivity contribution in [3.63, 3.8) is 0 Å². The Hall–Kier alpha value is -2.42. The molecule has 0 saturated carbocycles. The van der Waals surface area contributed by atoms with Crippen LogP contribution in [0.3, 0.4) is 0 Å². The third-order valence-electron chi connectivity index (χ3n) is 2.81. The number of benzene rings is 1. The van der Waals surface area contributed by atoms with Crippen molar-refractivity contribution in [2.24, 2.45) is 0 Å². The van der Waals surface area contributed by atoms with Crippen LogP contribution in [0.1, 0.15) is 0 Å². The van der Waals surface area contributed by atoms with Crippen molar-refractivity contribution in [1.29, 1.82) is 0 Å². The lowest BCUT2D eigenvalue weighted by Gasteiger charge is -2.09. The maximum atomic E-state index is 12.8. The minimum atomic E-state index is -3.83. The monoisotopic (exact) mass is 326 g/mol. The van der Waals surface area contributed by atoms with E-state index in [9.17, 15) is 17.6 Å². The minimum Gasteiger partial charge on any atom is -0.347 e. The Labute approximate surface area is 127 Å². The fraction of sp³-hybridized carbons (Fsp3) is 0.231. The van der Waals surface area contributed by atoms with E-state index in [-0.39, 0.29) is 23.0 Å². The molecule has 118 valence electrons. The molecule has 0 fully saturated rings. The highest BCUT2D eigenvalue weighted by molar-refractivity contribution is 7.92. The van der Waals surface area contributed by atoms with Crippen molar-refractivity contribution >= 4 is 21.6 Å². The van der Waals surface area contributed by atoms with Crippen LogP contribution >= 0.6 is 0 Å². The zero-order valence-corrected chi connectivity index (χ0v) is 12.8. The summed E-state index contributed by atoms with van der Waals surface area (Å²) in [7, 11) is -0.597. The summed E-state index contributed by atoms with van der Waals surface area (Å²) in [6.45, 7) is 0.00523. The van der Waals surface area contributed by atoms with Gasteiger partial charge in [0.25, 0.3) is 10.0 Å². The fourth-order valence-corrected chi connectivity index (χ4v) is 2.64. The van der Waals surface area contributed by atoms with E-state index in [1.807, 2.05) is 0 Å². The van der Waals surface area contributed by atoms with Gasteiger partial charge in [-0.1, -0.05) is 0 Å². The fourth-order valence-electron chi connectivity index (χ4n) is 1.61. The average Bonchev–Trinajstić information content (AvgIpc) is 2.85. The second-order valence-electron chi connectivity index (χ2n) is 4.77. The number of likely N-dealkylation sites (N-methyl/N-ethyl adjacent to an activating group) is 1. The summed E-state index contributed by atoms with van der Waals surface area (Å²) in [6, 6.07) is 4.46. The maximum absolute atomic E-state index is 12.8. The molecule has 0 unspecified atom stereocenters. The number of carbonyl (C=O) groups excluding carboxylic acids is 1. The molecular formula is C13H15FN4O3S. The molecule has 1 N–H and O–H groups in total. The molecular weight excluding hydrogens is 311 g/mol. The molecule has 1 amide bonds. The van der Waals surface area contributed by atoms with Gasteiger partial charge >= 0.3 is 0 Å². The molecule has 2 aromatic rings. The number of amides is 1. The number of rotatable bonds is 5. The lowest BCUT2D eigenvalue weighted by atomic mass is 10.4. The summed E-state index contributed by atoms with van der Waals surface area (Å²) in [5, 5.41) is 3.91. The summed E-state index contributed by atoms with van der Waals surface area (Å²) in [6.07, 6.45) is 2.70. The number of nitrogens with one attached hydrogen (secondary N) is 1. The summed E-state index contributed by atoms with van der Waals surface area (Å²) < 4.78 is 40.7. The molecule has 0 aliphatic heterocycles. The smallest absolute Gasteiger partial charge is 0.261 e. The Morgan fingerprint density at radius 1 is 1.32 bits per heavy atom. The van der Waals surface area contributed by atoms with E-state index in [2.05, 4.69) is 9.82 Å². The molecule has 0 aliphatic carbocycles. The molecule has 0 radical (unpaired) electrons. The van der Waals surface area contributed by atoms with Gasteiger partial charge in [0, 0.05) is 20.3 Å². The molecule has 1 aromatic heterocycles. The Morgan fingerprint density at radius 3 is 2.55 bits per heavy atom. The highest BCUT2D eigenvalue weighted by atomic mass is 32.2. The van der Waals surface area contributed by atoms with Crippen molar-refractivity contribution < 1.29 is 17.6 Å². The summed E-state index contributed by atoms with van der Waals surface area (Å²) in [4.78, 5) is 12.9. The molecule has 9 heteroatoms. The van der Waals surface area contributed by atoms with Gasteiger partial charge in [0.1, 0.15) is 12.4 Å². The molecule has 0 atom stereocenters. The van der Waals surface area contributed by atoms with E-state index in [1.54, 1.807) is 14.1 Å². The van der Waals surface area contributed by atoms with Crippen LogP contribution in [0.2, 0.25) is 0 Å². The predicted molar refractivity (Wildman–Crippen MR) is 78.1 cm³/mol. The summed E-state index contributed by atoms with van der Waals surface area (Å²) >= 11 is 0. The lowest BCUT2D eigenvalue weighted by Crippen LogP contribution is -2.26. The van der Waals surface area contributed by atoms with Crippen LogP contribution in [0.5, 0.6) is 0 Å². The van der Waals surface area contributed by atoms with Gasteiger partial charge in [-0.3, -0.25) is 14.2 Å². The van der Waals surface area contributed by atoms with Gasteiger partial charge in [-0.2, -0.15) is 5.10 Å². The quantitative estimate of drug-likeness (QED) is 0.885. The SMILES string of the molecule is CN(C)C(=O)Cn1cc(NS(=O)(=O)c2ccc(F)cc2)cn1. The zero-order valence-electron chi connectivity index (χ0n) is 12.0. The van der Waals surface area contributed by atoms with Gasteiger partial charge in [-0.25, -0.2) is 12.8 Å². The van der Waals surface area contributed by atoms with Crippen LogP contribution in [0.4, 0.5) is 10.1 Å². The summed E-state index contributed by atoms with van der Waals surface area (Å²) in [5.41, 5.74) is 0.218. The molecule has 0 spiro atoms. The Morgan fingerprint density at radius 2 is 1.95 bits per heavy atom. The van der Waals surface area contributed by atoms with E-state index in [0.29, 0.717) is 0 Å². The zero-order chi connectivity index (χ0) is 16.3. The lowest BCUT2D eigenvalue weighted by molar-refractivity contribution is -0.129. The number of halogens is 1. The van der Waals surface area contributed by atoms with Gasteiger partial charge in [-0.15, -0.1) is 0 Å². The molecule has 0 bridgehead atoms. The van der Waals surface area contributed by atoms with E-state index in [0.717, 1.165) is 24.3 Å². The molecule has 7 nitrogen and oxygen atoms in total. The number of carbonyl (C=O) groups is 1. The van der Waals surface area contributed by atoms with E-state index >= 15 is 0 Å². The minimum absolute atomic E-state index is 0.00523. The van der Waals surface area contributed by atoms with Crippen molar-refractivity contribution in [3.05, 3.63) is 42.5 Å². The van der Waals surface area contributed by atoms with Crippen molar-refractivity contribution in [2.45, 2.75) is 11.4 Å². The van der Waals surface area contributed by atoms with Crippen LogP contribution in [-0.4, -0.2) is 43.1 Å². The van der Waals surface area contributed by atoms with E-state index in [1.165, 1.54) is 22.0 Å². The average molecular weight is 326 g/mol. The topological polar surface area (TPSA) is 84.3 Å². The van der Waals surface area contributed by atoms with Crippen molar-refractivity contribution in [1.82, 2.24) is 14.7 Å². The van der Waals surface area contributed by atoms with Crippen molar-refractivity contribution in [3.8, 4) is 0 Å². The molecule has 0 aliphatic rings. The first kappa shape index (κ1) is 16.0. The maximum Gasteiger partial charge on any atom is 0.261 e. The number of hydrogen-bond acceptors (Lipinski definition) is 4. The third-order valence-corrected chi connectivity index (χ3v) is 4.20. The molecule has 2 rings (SSSR count). The third kappa shape index (κ3) is 3.82. The van der Waals surface area contributed by atoms with E-state index in [4.69, 9.17) is 0 Å². The largest absolute Gasteiger partial charge is 0.347 e. The number of aromatic nitrogens is 2. The van der Waals surface area contributed by atoms with Gasteiger partial charge in [0.05, 0.1) is 16.8 Å². The Kier molecular flexibility index (Phi) is 4.45. The number of nitrogens with zero attached hydrogens (tertiary/aromatic N) is 3. The van der Waals surface area contributed by atoms with Gasteiger partial charge < -0.3 is 4.90 Å². The number of hydrogen-bond donors (Lipinski definition) is 1. The van der Waals surface area contributed by atoms with Crippen LogP contribution in [-0.2, 0) is 21.4 Å². The first-order valence-electron chi connectivity index (χ1n) is 6.29. The summed E-state index contributed by atoms with van der Waals surface area (Å²) in [5.74, 6) is -0.690. The molecule has 1 aromatic carbocycles. The van der Waals surface area contributed by atoms with Crippen LogP contribution in [0, 0.1) is 5.82 Å². The number of anilines is 1. The first-order valence-corrected chi connectivity index (χ1v) is 7.77. The Bertz CT molecular complexity index is 769. The predicted octanol–water partition coefficient (Wildman–Crippen LogP) is 0.911. The number of sulfonamides is 1. The van der Waals surface area contributed by atoms with Crippen molar-refractivity contribution in [2.75, 3.05) is 18.8 Å². The normalized spacial score (nSPS) is 11.2. The second kappa shape index (κ2) is 6.14. The van der Waals surface area contributed by atoms with Crippen LogP contribution in [0.15, 0.2) is 41.6 Å². The van der Waals surface area contributed by atoms with Crippen LogP contribution < -0.4 is 4.72 Å². The highest BCUT2D eigenvalue weighted by Crippen LogP contribution is 2.15. The highest BCUT2D eigenvalue weighted by Gasteiger charge is 2.15. The van der Waals surface area contributed by atoms with Gasteiger partial charge in [0.15, 0.2) is 0 Å². The molecule has 0 saturated heterocycles. The first-order chi connectivity index (χ1) is 10.3. The molecule has 22 heavy (non-hydrogen) atoms. The molecule has 1 heterocycles. The van der Waals surface area contributed by atoms with Crippen LogP contribution in [0.25, 0.3) is 0 Å². The Balaban J connectivity index is 2.12.